The second kappa shape index (κ2) is 7.30. The molecule has 10 heteroatoms. The predicted octanol–water partition coefficient (Wildman–Crippen LogP) is 1.76. The minimum absolute atomic E-state index is 0.233. The Hall–Kier alpha value is -3.66. The topological polar surface area (TPSA) is 114 Å². The molecule has 2 N–H and O–H groups in total. The van der Waals surface area contributed by atoms with E-state index >= 15 is 0 Å². The first-order valence-corrected chi connectivity index (χ1v) is 8.81. The number of amides is 2. The Morgan fingerprint density at radius 3 is 2.93 bits per heavy atom. The number of fused-ring (bicyclic) bond motifs is 1. The summed E-state index contributed by atoms with van der Waals surface area (Å²) >= 11 is 1.17. The normalized spacial score (nSPS) is 10.7. The molecule has 27 heavy (non-hydrogen) atoms. The van der Waals surface area contributed by atoms with Crippen LogP contribution in [-0.2, 0) is 6.54 Å². The van der Waals surface area contributed by atoms with Gasteiger partial charge in [0.05, 0.1) is 6.20 Å². The standard InChI is InChI=1S/C17H13N7O2S/c25-15(12-9-21-24-6-2-5-19-14(12)24)23-17-22-13(10-27-17)16(26)20-8-11-3-1-4-18-7-11/h1-7,9-10H,8H2,(H,20,26)(H,22,23,25). The van der Waals surface area contributed by atoms with Gasteiger partial charge in [-0.1, -0.05) is 6.07 Å². The van der Waals surface area contributed by atoms with Crippen molar-refractivity contribution in [1.29, 1.82) is 0 Å². The van der Waals surface area contributed by atoms with E-state index in [2.05, 4.69) is 30.7 Å². The van der Waals surface area contributed by atoms with Gasteiger partial charge in [-0.2, -0.15) is 5.10 Å². The van der Waals surface area contributed by atoms with Gasteiger partial charge in [-0.3, -0.25) is 19.9 Å². The second-order valence-corrected chi connectivity index (χ2v) is 6.34. The first kappa shape index (κ1) is 16.8. The van der Waals surface area contributed by atoms with E-state index in [1.807, 2.05) is 6.07 Å². The molecule has 9 nitrogen and oxygen atoms in total. The maximum Gasteiger partial charge on any atom is 0.271 e. The number of anilines is 1. The van der Waals surface area contributed by atoms with Gasteiger partial charge in [0.25, 0.3) is 11.8 Å². The first-order chi connectivity index (χ1) is 13.2. The lowest BCUT2D eigenvalue weighted by molar-refractivity contribution is 0.0945. The van der Waals surface area contributed by atoms with Gasteiger partial charge < -0.3 is 5.32 Å². The third kappa shape index (κ3) is 3.65. The number of aromatic nitrogens is 5. The van der Waals surface area contributed by atoms with Gasteiger partial charge in [0.1, 0.15) is 11.3 Å². The number of hydrogen-bond donors (Lipinski definition) is 2. The van der Waals surface area contributed by atoms with Crippen molar-refractivity contribution in [1.82, 2.24) is 29.9 Å². The third-order valence-electron chi connectivity index (χ3n) is 3.66. The smallest absolute Gasteiger partial charge is 0.271 e. The van der Waals surface area contributed by atoms with Crippen molar-refractivity contribution in [3.63, 3.8) is 0 Å². The quantitative estimate of drug-likeness (QED) is 0.546. The second-order valence-electron chi connectivity index (χ2n) is 5.48. The Bertz CT molecular complexity index is 1110. The summed E-state index contributed by atoms with van der Waals surface area (Å²) in [4.78, 5) is 36.9. The van der Waals surface area contributed by atoms with Crippen LogP contribution >= 0.6 is 11.3 Å². The summed E-state index contributed by atoms with van der Waals surface area (Å²) < 4.78 is 1.51. The first-order valence-electron chi connectivity index (χ1n) is 7.93. The van der Waals surface area contributed by atoms with Crippen LogP contribution in [-0.4, -0.2) is 36.4 Å². The van der Waals surface area contributed by atoms with Crippen LogP contribution in [0.15, 0.2) is 54.6 Å². The van der Waals surface area contributed by atoms with E-state index in [0.717, 1.165) is 5.56 Å². The van der Waals surface area contributed by atoms with Gasteiger partial charge in [-0.15, -0.1) is 11.3 Å². The van der Waals surface area contributed by atoms with Crippen LogP contribution in [0.2, 0.25) is 0 Å². The Morgan fingerprint density at radius 2 is 2.07 bits per heavy atom. The number of nitrogens with one attached hydrogen (secondary N) is 2. The lowest BCUT2D eigenvalue weighted by Crippen LogP contribution is -2.23. The molecule has 4 heterocycles. The number of hydrogen-bond acceptors (Lipinski definition) is 7. The monoisotopic (exact) mass is 379 g/mol. The molecule has 0 unspecified atom stereocenters. The summed E-state index contributed by atoms with van der Waals surface area (Å²) in [5.41, 5.74) is 1.89. The van der Waals surface area contributed by atoms with Crippen LogP contribution in [0.5, 0.6) is 0 Å². The van der Waals surface area contributed by atoms with Gasteiger partial charge in [0.15, 0.2) is 10.8 Å². The lowest BCUT2D eigenvalue weighted by atomic mass is 10.3. The van der Waals surface area contributed by atoms with E-state index in [-0.39, 0.29) is 17.5 Å². The van der Waals surface area contributed by atoms with Gasteiger partial charge in [-0.25, -0.2) is 14.5 Å². The summed E-state index contributed by atoms with van der Waals surface area (Å²) in [6.45, 7) is 0.347. The molecule has 0 saturated heterocycles. The average Bonchev–Trinajstić information content (AvgIpc) is 3.34. The Labute approximate surface area is 157 Å². The zero-order valence-corrected chi connectivity index (χ0v) is 14.7. The molecule has 0 atom stereocenters. The van der Waals surface area contributed by atoms with Crippen molar-refractivity contribution in [2.45, 2.75) is 6.54 Å². The minimum Gasteiger partial charge on any atom is -0.347 e. The molecule has 0 radical (unpaired) electrons. The maximum absolute atomic E-state index is 12.4. The lowest BCUT2D eigenvalue weighted by Gasteiger charge is -2.02. The van der Waals surface area contributed by atoms with Crippen molar-refractivity contribution < 1.29 is 9.59 Å². The molecule has 0 spiro atoms. The van der Waals surface area contributed by atoms with Crippen molar-refractivity contribution >= 4 is 33.9 Å². The summed E-state index contributed by atoms with van der Waals surface area (Å²) in [6, 6.07) is 5.39. The highest BCUT2D eigenvalue weighted by atomic mass is 32.1. The summed E-state index contributed by atoms with van der Waals surface area (Å²) in [5.74, 6) is -0.714. The summed E-state index contributed by atoms with van der Waals surface area (Å²) in [6.07, 6.45) is 8.07. The summed E-state index contributed by atoms with van der Waals surface area (Å²) in [7, 11) is 0. The molecule has 134 valence electrons. The Kier molecular flexibility index (Phi) is 4.54. The van der Waals surface area contributed by atoms with Gasteiger partial charge in [0, 0.05) is 36.7 Å². The Balaban J connectivity index is 1.41. The van der Waals surface area contributed by atoms with Crippen LogP contribution in [0, 0.1) is 0 Å². The fraction of sp³-hybridized carbons (Fsp3) is 0.0588. The van der Waals surface area contributed by atoms with Crippen LogP contribution in [0.3, 0.4) is 0 Å². The molecule has 4 rings (SSSR count). The van der Waals surface area contributed by atoms with Crippen LogP contribution in [0.4, 0.5) is 5.13 Å². The Morgan fingerprint density at radius 1 is 1.15 bits per heavy atom. The highest BCUT2D eigenvalue weighted by Crippen LogP contribution is 2.17. The number of carbonyl (C=O) groups excluding carboxylic acids is 2. The fourth-order valence-electron chi connectivity index (χ4n) is 2.36. The zero-order valence-electron chi connectivity index (χ0n) is 13.9. The zero-order chi connectivity index (χ0) is 18.6. The summed E-state index contributed by atoms with van der Waals surface area (Å²) in [5, 5.41) is 11.4. The molecule has 0 aliphatic carbocycles. The molecule has 0 bridgehead atoms. The molecule has 4 aromatic rings. The molecule has 2 amide bonds. The van der Waals surface area contributed by atoms with E-state index in [9.17, 15) is 9.59 Å². The highest BCUT2D eigenvalue weighted by molar-refractivity contribution is 7.14. The molecule has 0 aliphatic heterocycles. The average molecular weight is 379 g/mol. The number of nitrogens with zero attached hydrogens (tertiary/aromatic N) is 5. The molecule has 4 aromatic heterocycles. The molecule has 0 fully saturated rings. The maximum atomic E-state index is 12.4. The molecular formula is C17H13N7O2S. The molecule has 0 aromatic carbocycles. The molecular weight excluding hydrogens is 366 g/mol. The van der Waals surface area contributed by atoms with Gasteiger partial charge in [-0.05, 0) is 17.7 Å². The van der Waals surface area contributed by atoms with E-state index in [4.69, 9.17) is 0 Å². The predicted molar refractivity (Wildman–Crippen MR) is 98.5 cm³/mol. The fourth-order valence-corrected chi connectivity index (χ4v) is 3.05. The SMILES string of the molecule is O=C(NCc1cccnc1)c1csc(NC(=O)c2cnn3cccnc23)n1. The van der Waals surface area contributed by atoms with Crippen LogP contribution < -0.4 is 10.6 Å². The number of thiazole rings is 1. The van der Waals surface area contributed by atoms with Gasteiger partial charge >= 0.3 is 0 Å². The van der Waals surface area contributed by atoms with Crippen molar-refractivity contribution in [3.05, 3.63) is 71.4 Å². The van der Waals surface area contributed by atoms with Crippen molar-refractivity contribution in [2.75, 3.05) is 5.32 Å². The number of rotatable bonds is 5. The van der Waals surface area contributed by atoms with Gasteiger partial charge in [0.2, 0.25) is 0 Å². The molecule has 0 saturated carbocycles. The third-order valence-corrected chi connectivity index (χ3v) is 4.41. The van der Waals surface area contributed by atoms with E-state index in [1.54, 1.807) is 42.3 Å². The van der Waals surface area contributed by atoms with E-state index in [0.29, 0.717) is 22.9 Å². The van der Waals surface area contributed by atoms with E-state index in [1.165, 1.54) is 22.0 Å². The van der Waals surface area contributed by atoms with E-state index < -0.39 is 0 Å². The largest absolute Gasteiger partial charge is 0.347 e. The molecule has 0 aliphatic rings. The number of pyridine rings is 1. The van der Waals surface area contributed by atoms with Crippen LogP contribution in [0.1, 0.15) is 26.4 Å². The van der Waals surface area contributed by atoms with Crippen molar-refractivity contribution in [3.8, 4) is 0 Å². The number of carbonyl (C=O) groups is 2. The van der Waals surface area contributed by atoms with Crippen molar-refractivity contribution in [2.24, 2.45) is 0 Å². The highest BCUT2D eigenvalue weighted by Gasteiger charge is 2.17. The minimum atomic E-state index is -0.389. The van der Waals surface area contributed by atoms with Crippen LogP contribution in [0.25, 0.3) is 5.65 Å².